The number of epoxide rings is 2. The van der Waals surface area contributed by atoms with Crippen LogP contribution in [-0.4, -0.2) is 51.8 Å². The molecule has 2 heterocycles. The molecule has 6 nitrogen and oxygen atoms in total. The Labute approximate surface area is 261 Å². The van der Waals surface area contributed by atoms with Crippen molar-refractivity contribution in [1.29, 1.82) is 0 Å². The highest BCUT2D eigenvalue weighted by molar-refractivity contribution is 5.90. The van der Waals surface area contributed by atoms with Gasteiger partial charge in [0.05, 0.1) is 38.6 Å². The van der Waals surface area contributed by atoms with E-state index in [1.807, 2.05) is 36.4 Å². The van der Waals surface area contributed by atoms with Crippen molar-refractivity contribution in [3.05, 3.63) is 72.8 Å². The second-order valence-electron chi connectivity index (χ2n) is 12.0. The second-order valence-corrected chi connectivity index (χ2v) is 12.0. The number of fused-ring (bicyclic) bond motifs is 2. The van der Waals surface area contributed by atoms with E-state index in [2.05, 4.69) is 36.4 Å². The van der Waals surface area contributed by atoms with Crippen molar-refractivity contribution in [2.75, 3.05) is 39.6 Å². The standard InChI is InChI=1S/C38H46O6/c1(5-13-33-27-43-33)3-7-21-41-37-15-9-11-29-25-31(17-19-35(29)37)39-23-24-40-32-18-20-36-30(26-32)12-10-16-38(36)42-22-8-4-2-6-14-34-28-44-34/h9-12,15-20,25-26,33-34H,1-8,13-14,21-24,27-28H2. The molecule has 0 saturated carbocycles. The molecule has 2 atom stereocenters. The number of rotatable bonds is 21. The lowest BCUT2D eigenvalue weighted by atomic mass is 10.1. The minimum Gasteiger partial charge on any atom is -0.493 e. The first kappa shape index (κ1) is 30.5. The fraction of sp³-hybridized carbons (Fsp3) is 0.474. The zero-order valence-corrected chi connectivity index (χ0v) is 25.8. The zero-order valence-electron chi connectivity index (χ0n) is 25.8. The van der Waals surface area contributed by atoms with Crippen LogP contribution in [0.3, 0.4) is 0 Å². The van der Waals surface area contributed by atoms with Crippen LogP contribution in [0.25, 0.3) is 21.5 Å². The van der Waals surface area contributed by atoms with Crippen molar-refractivity contribution >= 4 is 21.5 Å². The fourth-order valence-corrected chi connectivity index (χ4v) is 5.70. The summed E-state index contributed by atoms with van der Waals surface area (Å²) in [4.78, 5) is 0. The molecule has 2 unspecified atom stereocenters. The van der Waals surface area contributed by atoms with E-state index in [1.54, 1.807) is 0 Å². The van der Waals surface area contributed by atoms with Gasteiger partial charge in [-0.05, 0) is 85.0 Å². The summed E-state index contributed by atoms with van der Waals surface area (Å²) in [6.45, 7) is 4.34. The minimum atomic E-state index is 0.462. The highest BCUT2D eigenvalue weighted by Crippen LogP contribution is 2.31. The summed E-state index contributed by atoms with van der Waals surface area (Å²) >= 11 is 0. The Morgan fingerprint density at radius 2 is 0.932 bits per heavy atom. The zero-order chi connectivity index (χ0) is 29.8. The molecule has 0 spiro atoms. The van der Waals surface area contributed by atoms with Crippen molar-refractivity contribution in [1.82, 2.24) is 0 Å². The molecule has 4 aromatic rings. The van der Waals surface area contributed by atoms with Crippen LogP contribution in [0.4, 0.5) is 0 Å². The van der Waals surface area contributed by atoms with Crippen molar-refractivity contribution in [3.63, 3.8) is 0 Å². The van der Waals surface area contributed by atoms with Gasteiger partial charge in [0.25, 0.3) is 0 Å². The molecule has 0 N–H and O–H groups in total. The predicted molar refractivity (Wildman–Crippen MR) is 176 cm³/mol. The molecular weight excluding hydrogens is 552 g/mol. The summed E-state index contributed by atoms with van der Waals surface area (Å²) < 4.78 is 34.9. The summed E-state index contributed by atoms with van der Waals surface area (Å²) in [6, 6.07) is 24.7. The van der Waals surface area contributed by atoms with Crippen molar-refractivity contribution in [3.8, 4) is 23.0 Å². The molecule has 4 aromatic carbocycles. The van der Waals surface area contributed by atoms with Crippen LogP contribution in [-0.2, 0) is 9.47 Å². The van der Waals surface area contributed by atoms with Gasteiger partial charge in [-0.3, -0.25) is 0 Å². The number of unbranched alkanes of at least 4 members (excludes halogenated alkanes) is 6. The third kappa shape index (κ3) is 9.51. The molecule has 2 aliphatic heterocycles. The molecule has 6 heteroatoms. The smallest absolute Gasteiger partial charge is 0.127 e. The first-order valence-corrected chi connectivity index (χ1v) is 16.6. The topological polar surface area (TPSA) is 62.0 Å². The van der Waals surface area contributed by atoms with E-state index in [-0.39, 0.29) is 0 Å². The van der Waals surface area contributed by atoms with Crippen LogP contribution in [0.15, 0.2) is 72.8 Å². The maximum Gasteiger partial charge on any atom is 0.127 e. The quantitative estimate of drug-likeness (QED) is 0.0705. The summed E-state index contributed by atoms with van der Waals surface area (Å²) in [5, 5.41) is 4.45. The van der Waals surface area contributed by atoms with Gasteiger partial charge in [0, 0.05) is 10.8 Å². The molecule has 2 fully saturated rings. The highest BCUT2D eigenvalue weighted by atomic mass is 16.6. The molecule has 2 saturated heterocycles. The Balaban J connectivity index is 0.908. The fourth-order valence-electron chi connectivity index (χ4n) is 5.70. The van der Waals surface area contributed by atoms with Gasteiger partial charge in [-0.25, -0.2) is 0 Å². The van der Waals surface area contributed by atoms with E-state index in [0.29, 0.717) is 25.4 Å². The van der Waals surface area contributed by atoms with Crippen molar-refractivity contribution < 1.29 is 28.4 Å². The van der Waals surface area contributed by atoms with Gasteiger partial charge >= 0.3 is 0 Å². The lowest BCUT2D eigenvalue weighted by Gasteiger charge is -2.13. The first-order chi connectivity index (χ1) is 21.8. The lowest BCUT2D eigenvalue weighted by molar-refractivity contribution is 0.217. The first-order valence-electron chi connectivity index (χ1n) is 16.6. The molecule has 0 aromatic heterocycles. The molecule has 6 rings (SSSR count). The summed E-state index contributed by atoms with van der Waals surface area (Å²) in [6.07, 6.45) is 13.1. The van der Waals surface area contributed by atoms with Crippen LogP contribution >= 0.6 is 0 Å². The van der Waals surface area contributed by atoms with Crippen LogP contribution < -0.4 is 18.9 Å². The molecular formula is C38H46O6. The Morgan fingerprint density at radius 3 is 1.39 bits per heavy atom. The van der Waals surface area contributed by atoms with E-state index < -0.39 is 0 Å². The van der Waals surface area contributed by atoms with Gasteiger partial charge in [0.2, 0.25) is 0 Å². The van der Waals surface area contributed by atoms with Gasteiger partial charge in [-0.1, -0.05) is 62.8 Å². The molecule has 234 valence electrons. The van der Waals surface area contributed by atoms with Crippen LogP contribution in [0.5, 0.6) is 23.0 Å². The third-order valence-corrected chi connectivity index (χ3v) is 8.41. The Bertz CT molecular complexity index is 1350. The van der Waals surface area contributed by atoms with Crippen molar-refractivity contribution in [2.45, 2.75) is 76.4 Å². The number of hydrogen-bond acceptors (Lipinski definition) is 6. The highest BCUT2D eigenvalue weighted by Gasteiger charge is 2.21. The molecule has 0 bridgehead atoms. The monoisotopic (exact) mass is 598 g/mol. The molecule has 2 aliphatic rings. The van der Waals surface area contributed by atoms with Crippen LogP contribution in [0.1, 0.15) is 64.2 Å². The summed E-state index contributed by atoms with van der Waals surface area (Å²) in [5.41, 5.74) is 0. The van der Waals surface area contributed by atoms with Gasteiger partial charge < -0.3 is 28.4 Å². The van der Waals surface area contributed by atoms with E-state index in [1.165, 1.54) is 51.4 Å². The molecule has 0 amide bonds. The number of benzene rings is 4. The largest absolute Gasteiger partial charge is 0.493 e. The van der Waals surface area contributed by atoms with E-state index in [0.717, 1.165) is 83.8 Å². The number of hydrogen-bond donors (Lipinski definition) is 0. The Hall–Kier alpha value is -3.48. The van der Waals surface area contributed by atoms with Gasteiger partial charge in [0.15, 0.2) is 0 Å². The maximum atomic E-state index is 6.13. The second kappa shape index (κ2) is 16.0. The average molecular weight is 599 g/mol. The third-order valence-electron chi connectivity index (χ3n) is 8.41. The summed E-state index contributed by atoms with van der Waals surface area (Å²) in [5.74, 6) is 3.53. The van der Waals surface area contributed by atoms with E-state index in [9.17, 15) is 0 Å². The van der Waals surface area contributed by atoms with E-state index >= 15 is 0 Å². The van der Waals surface area contributed by atoms with Crippen molar-refractivity contribution in [2.24, 2.45) is 0 Å². The predicted octanol–water partition coefficient (Wildman–Crippen LogP) is 8.91. The SMILES string of the molecule is c1cc(OCCCCCCC2CO2)c2ccc(OCCOc3ccc4c(OCCCCCCC5CO5)cccc4c3)cc2c1. The van der Waals surface area contributed by atoms with Crippen LogP contribution in [0, 0.1) is 0 Å². The Kier molecular flexibility index (Phi) is 11.1. The summed E-state index contributed by atoms with van der Waals surface area (Å²) in [7, 11) is 0. The molecule has 44 heavy (non-hydrogen) atoms. The van der Waals surface area contributed by atoms with E-state index in [4.69, 9.17) is 28.4 Å². The molecule has 0 aliphatic carbocycles. The molecule has 0 radical (unpaired) electrons. The normalized spacial score (nSPS) is 17.1. The Morgan fingerprint density at radius 1 is 0.477 bits per heavy atom. The van der Waals surface area contributed by atoms with Gasteiger partial charge in [-0.2, -0.15) is 0 Å². The number of ether oxygens (including phenoxy) is 6. The van der Waals surface area contributed by atoms with Gasteiger partial charge in [-0.15, -0.1) is 0 Å². The minimum absolute atomic E-state index is 0.462. The maximum absolute atomic E-state index is 6.13. The average Bonchev–Trinajstić information content (AvgIpc) is 3.99. The van der Waals surface area contributed by atoms with Crippen LogP contribution in [0.2, 0.25) is 0 Å². The lowest BCUT2D eigenvalue weighted by Crippen LogP contribution is -2.09. The van der Waals surface area contributed by atoms with Gasteiger partial charge in [0.1, 0.15) is 36.2 Å².